The number of rotatable bonds is 4. The van der Waals surface area contributed by atoms with E-state index in [9.17, 15) is 18.0 Å². The van der Waals surface area contributed by atoms with Gasteiger partial charge in [-0.2, -0.15) is 10.1 Å². The van der Waals surface area contributed by atoms with E-state index in [2.05, 4.69) is 20.5 Å². The Balaban J connectivity index is 2.20. The molecule has 10 heteroatoms. The van der Waals surface area contributed by atoms with Gasteiger partial charge in [0.15, 0.2) is 5.82 Å². The molecular formula is C11H11N5O4S. The van der Waals surface area contributed by atoms with Gasteiger partial charge in [-0.1, -0.05) is 0 Å². The zero-order valence-corrected chi connectivity index (χ0v) is 11.6. The van der Waals surface area contributed by atoms with Crippen LogP contribution >= 0.6 is 0 Å². The highest BCUT2D eigenvalue weighted by molar-refractivity contribution is 7.90. The smallest absolute Gasteiger partial charge is 0.339 e. The Labute approximate surface area is 119 Å². The summed E-state index contributed by atoms with van der Waals surface area (Å²) < 4.78 is 25.3. The monoisotopic (exact) mass is 309 g/mol. The maximum absolute atomic E-state index is 11.7. The molecule has 2 rings (SSSR count). The minimum absolute atomic E-state index is 0.0553. The van der Waals surface area contributed by atoms with Crippen LogP contribution in [0, 0.1) is 0 Å². The van der Waals surface area contributed by atoms with Crippen LogP contribution in [0.4, 0.5) is 11.5 Å². The van der Waals surface area contributed by atoms with Crippen molar-refractivity contribution in [3.63, 3.8) is 0 Å². The van der Waals surface area contributed by atoms with E-state index in [1.165, 1.54) is 30.5 Å². The second-order valence-corrected chi connectivity index (χ2v) is 5.67. The number of nitrogens with zero attached hydrogens (tertiary/aromatic N) is 2. The third kappa shape index (κ3) is 3.86. The first-order chi connectivity index (χ1) is 9.87. The minimum atomic E-state index is -3.87. The number of hydrogen-bond donors (Lipinski definition) is 3. The number of aromatic amines is 1. The molecule has 0 saturated heterocycles. The van der Waals surface area contributed by atoms with Crippen LogP contribution in [0.2, 0.25) is 0 Å². The number of aromatic nitrogens is 3. The molecule has 0 fully saturated rings. The van der Waals surface area contributed by atoms with Crippen LogP contribution in [-0.4, -0.2) is 29.5 Å². The van der Waals surface area contributed by atoms with Gasteiger partial charge >= 0.3 is 5.69 Å². The number of carbonyl (C=O) groups excluding carboxylic acids is 1. The van der Waals surface area contributed by atoms with Crippen molar-refractivity contribution in [3.8, 4) is 0 Å². The number of hydrogen-bond acceptors (Lipinski definition) is 7. The van der Waals surface area contributed by atoms with Crippen LogP contribution in [0.25, 0.3) is 0 Å². The van der Waals surface area contributed by atoms with Gasteiger partial charge in [-0.05, 0) is 24.3 Å². The lowest BCUT2D eigenvalue weighted by Crippen LogP contribution is -2.28. The molecule has 0 aliphatic heterocycles. The van der Waals surface area contributed by atoms with Crippen molar-refractivity contribution >= 4 is 27.4 Å². The van der Waals surface area contributed by atoms with Crippen molar-refractivity contribution in [3.05, 3.63) is 40.9 Å². The van der Waals surface area contributed by atoms with Gasteiger partial charge in [0.1, 0.15) is 0 Å². The molecule has 0 radical (unpaired) electrons. The van der Waals surface area contributed by atoms with Crippen molar-refractivity contribution in [1.29, 1.82) is 0 Å². The molecule has 9 nitrogen and oxygen atoms in total. The topological polar surface area (TPSA) is 134 Å². The van der Waals surface area contributed by atoms with E-state index in [0.717, 1.165) is 6.92 Å². The summed E-state index contributed by atoms with van der Waals surface area (Å²) >= 11 is 0. The molecule has 0 spiro atoms. The van der Waals surface area contributed by atoms with Gasteiger partial charge in [0.05, 0.1) is 11.1 Å². The molecule has 3 N–H and O–H groups in total. The highest BCUT2D eigenvalue weighted by Gasteiger charge is 2.14. The van der Waals surface area contributed by atoms with Crippen LogP contribution < -0.4 is 15.7 Å². The number of nitrogens with one attached hydrogen (secondary N) is 3. The summed E-state index contributed by atoms with van der Waals surface area (Å²) in [5.41, 5.74) is -0.0958. The van der Waals surface area contributed by atoms with Gasteiger partial charge in [-0.15, -0.1) is 0 Å². The van der Waals surface area contributed by atoms with Crippen molar-refractivity contribution < 1.29 is 13.2 Å². The SMILES string of the molecule is CC(=O)NS(=O)(=O)c1ccc(Nc2cn[nH]c(=O)n2)cc1. The van der Waals surface area contributed by atoms with E-state index in [1.807, 2.05) is 4.72 Å². The first-order valence-electron chi connectivity index (χ1n) is 5.69. The number of benzene rings is 1. The van der Waals surface area contributed by atoms with Gasteiger partial charge in [0, 0.05) is 12.6 Å². The van der Waals surface area contributed by atoms with Crippen molar-refractivity contribution in [2.45, 2.75) is 11.8 Å². The Bertz CT molecular complexity index is 813. The number of H-pyrrole nitrogens is 1. The van der Waals surface area contributed by atoms with Gasteiger partial charge in [0.2, 0.25) is 5.91 Å². The number of anilines is 2. The molecule has 0 aliphatic carbocycles. The molecule has 1 aromatic carbocycles. The first kappa shape index (κ1) is 14.7. The molecule has 1 heterocycles. The van der Waals surface area contributed by atoms with Gasteiger partial charge < -0.3 is 5.32 Å². The van der Waals surface area contributed by atoms with E-state index in [0.29, 0.717) is 5.69 Å². The molecule has 1 amide bonds. The summed E-state index contributed by atoms with van der Waals surface area (Å²) in [5, 5.41) is 8.48. The fourth-order valence-corrected chi connectivity index (χ4v) is 2.48. The van der Waals surface area contributed by atoms with Crippen molar-refractivity contribution in [1.82, 2.24) is 19.9 Å². The minimum Gasteiger partial charge on any atom is -0.339 e. The Morgan fingerprint density at radius 2 is 1.90 bits per heavy atom. The van der Waals surface area contributed by atoms with E-state index >= 15 is 0 Å². The molecule has 0 unspecified atom stereocenters. The summed E-state index contributed by atoms with van der Waals surface area (Å²) in [5.74, 6) is -0.452. The number of sulfonamides is 1. The van der Waals surface area contributed by atoms with Crippen LogP contribution in [0.3, 0.4) is 0 Å². The largest absolute Gasteiger partial charge is 0.363 e. The maximum atomic E-state index is 11.7. The summed E-state index contributed by atoms with van der Waals surface area (Å²) in [6.07, 6.45) is 1.31. The second kappa shape index (κ2) is 5.71. The highest BCUT2D eigenvalue weighted by Crippen LogP contribution is 2.16. The summed E-state index contributed by atoms with van der Waals surface area (Å²) in [7, 11) is -3.87. The lowest BCUT2D eigenvalue weighted by Gasteiger charge is -2.07. The zero-order chi connectivity index (χ0) is 15.5. The molecule has 0 saturated carbocycles. The fourth-order valence-electron chi connectivity index (χ4n) is 1.49. The van der Waals surface area contributed by atoms with Crippen LogP contribution in [0.15, 0.2) is 40.2 Å². The Morgan fingerprint density at radius 1 is 1.24 bits per heavy atom. The van der Waals surface area contributed by atoms with Gasteiger partial charge in [-0.25, -0.2) is 23.0 Å². The van der Waals surface area contributed by atoms with Crippen LogP contribution in [0.5, 0.6) is 0 Å². The zero-order valence-electron chi connectivity index (χ0n) is 10.8. The molecule has 110 valence electrons. The third-order valence-electron chi connectivity index (χ3n) is 2.28. The maximum Gasteiger partial charge on any atom is 0.363 e. The molecule has 0 atom stereocenters. The van der Waals surface area contributed by atoms with E-state index in [1.54, 1.807) is 0 Å². The average Bonchev–Trinajstić information content (AvgIpc) is 2.38. The first-order valence-corrected chi connectivity index (χ1v) is 7.17. The molecule has 2 aromatic rings. The summed E-state index contributed by atoms with van der Waals surface area (Å²) in [6, 6.07) is 5.57. The molecule has 0 bridgehead atoms. The standard InChI is InChI=1S/C11H11N5O4S/c1-7(17)16-21(19,20)9-4-2-8(3-5-9)13-10-6-12-15-11(18)14-10/h2-6H,1H3,(H,16,17)(H2,13,14,15,18). The predicted molar refractivity (Wildman–Crippen MR) is 73.4 cm³/mol. The number of carbonyl (C=O) groups is 1. The van der Waals surface area contributed by atoms with Crippen molar-refractivity contribution in [2.75, 3.05) is 5.32 Å². The van der Waals surface area contributed by atoms with E-state index in [4.69, 9.17) is 0 Å². The van der Waals surface area contributed by atoms with E-state index in [-0.39, 0.29) is 10.7 Å². The summed E-state index contributed by atoms with van der Waals surface area (Å²) in [6.45, 7) is 1.11. The molecular weight excluding hydrogens is 298 g/mol. The van der Waals surface area contributed by atoms with Crippen molar-refractivity contribution in [2.24, 2.45) is 0 Å². The fraction of sp³-hybridized carbons (Fsp3) is 0.0909. The average molecular weight is 309 g/mol. The highest BCUT2D eigenvalue weighted by atomic mass is 32.2. The number of amides is 1. The van der Waals surface area contributed by atoms with Gasteiger partial charge in [0.25, 0.3) is 10.0 Å². The van der Waals surface area contributed by atoms with Crippen LogP contribution in [-0.2, 0) is 14.8 Å². The predicted octanol–water partition coefficient (Wildman–Crippen LogP) is -0.267. The third-order valence-corrected chi connectivity index (χ3v) is 3.73. The Morgan fingerprint density at radius 3 is 2.48 bits per heavy atom. The van der Waals surface area contributed by atoms with E-state index < -0.39 is 21.6 Å². The lowest BCUT2D eigenvalue weighted by atomic mass is 10.3. The van der Waals surface area contributed by atoms with Crippen LogP contribution in [0.1, 0.15) is 6.92 Å². The Hall–Kier alpha value is -2.75. The molecule has 1 aromatic heterocycles. The Kier molecular flexibility index (Phi) is 3.98. The van der Waals surface area contributed by atoms with Gasteiger partial charge in [-0.3, -0.25) is 4.79 Å². The normalized spacial score (nSPS) is 10.9. The summed E-state index contributed by atoms with van der Waals surface area (Å²) in [4.78, 5) is 25.4. The molecule has 21 heavy (non-hydrogen) atoms. The lowest BCUT2D eigenvalue weighted by molar-refractivity contribution is -0.117. The quantitative estimate of drug-likeness (QED) is 0.708. The second-order valence-electron chi connectivity index (χ2n) is 3.98. The molecule has 0 aliphatic rings.